The van der Waals surface area contributed by atoms with Crippen molar-refractivity contribution in [1.82, 2.24) is 19.4 Å². The number of hydrogen-bond acceptors (Lipinski definition) is 7. The fraction of sp³-hybridized carbons (Fsp3) is 0.469. The van der Waals surface area contributed by atoms with E-state index in [-0.39, 0.29) is 69.2 Å². The maximum absolute atomic E-state index is 14.4. The Morgan fingerprint density at radius 1 is 1.09 bits per heavy atom. The molecular formula is C32H39F2N5O4. The zero-order chi connectivity index (χ0) is 30.8. The Hall–Kier alpha value is -3.83. The number of nitrogens with two attached hydrogens (primary N) is 1. The van der Waals surface area contributed by atoms with Gasteiger partial charge in [0.25, 0.3) is 5.56 Å². The Labute approximate surface area is 249 Å². The third kappa shape index (κ3) is 7.22. The molecule has 0 bridgehead atoms. The van der Waals surface area contributed by atoms with Gasteiger partial charge in [0.05, 0.1) is 12.1 Å². The van der Waals surface area contributed by atoms with Crippen LogP contribution in [-0.2, 0) is 17.9 Å². The first-order valence-corrected chi connectivity index (χ1v) is 14.6. The number of nitrogens with zero attached hydrogens (tertiary/aromatic N) is 4. The highest BCUT2D eigenvalue weighted by atomic mass is 19.3. The van der Waals surface area contributed by atoms with Crippen molar-refractivity contribution in [2.75, 3.05) is 32.9 Å². The highest BCUT2D eigenvalue weighted by Crippen LogP contribution is 2.46. The van der Waals surface area contributed by atoms with Gasteiger partial charge in [-0.1, -0.05) is 42.5 Å². The van der Waals surface area contributed by atoms with Gasteiger partial charge in [-0.05, 0) is 56.6 Å². The molecule has 0 unspecified atom stereocenters. The standard InChI is InChI=1S/C32H39F2N5O4/c1-37(2)19-22-8-10-24(11-9-22)43-28-27(35)30(41)39(21-36-28)20-31(42)14-16-38(17-15-31)29(40)25-12-13-32(33,34)18-26(25)23-6-4-3-5-7-23/h3-11,21,25-26,42H,12-20,35H2,1-2H3/t25-,26+/m1/s1. The maximum Gasteiger partial charge on any atom is 0.280 e. The number of amides is 1. The lowest BCUT2D eigenvalue weighted by molar-refractivity contribution is -0.145. The Morgan fingerprint density at radius 2 is 1.77 bits per heavy atom. The van der Waals surface area contributed by atoms with Crippen LogP contribution in [0.2, 0.25) is 0 Å². The molecule has 43 heavy (non-hydrogen) atoms. The number of piperidine rings is 1. The number of aromatic nitrogens is 2. The normalized spacial score (nSPS) is 21.5. The van der Waals surface area contributed by atoms with Crippen LogP contribution in [0.5, 0.6) is 11.6 Å². The number of ether oxygens (including phenoxy) is 1. The van der Waals surface area contributed by atoms with E-state index in [1.54, 1.807) is 41.3 Å². The molecule has 0 spiro atoms. The lowest BCUT2D eigenvalue weighted by atomic mass is 9.73. The van der Waals surface area contributed by atoms with E-state index in [2.05, 4.69) is 4.98 Å². The van der Waals surface area contributed by atoms with Crippen molar-refractivity contribution in [3.05, 3.63) is 82.4 Å². The SMILES string of the molecule is CN(C)Cc1ccc(Oc2ncn(CC3(O)CCN(C(=O)[C@@H]4CCC(F)(F)C[C@H]4c4ccccc4)CC3)c(=O)c2N)cc1. The van der Waals surface area contributed by atoms with Crippen molar-refractivity contribution in [2.24, 2.45) is 5.92 Å². The first-order valence-electron chi connectivity index (χ1n) is 14.6. The van der Waals surface area contributed by atoms with Gasteiger partial charge in [-0.25, -0.2) is 13.8 Å². The fourth-order valence-corrected chi connectivity index (χ4v) is 6.16. The minimum absolute atomic E-state index is 0.0138. The number of alkyl halides is 2. The first-order chi connectivity index (χ1) is 20.4. The molecule has 1 amide bonds. The monoisotopic (exact) mass is 595 g/mol. The summed E-state index contributed by atoms with van der Waals surface area (Å²) in [6.07, 6.45) is 1.19. The van der Waals surface area contributed by atoms with Crippen LogP contribution in [0.25, 0.3) is 0 Å². The van der Waals surface area contributed by atoms with Crippen LogP contribution in [0.1, 0.15) is 49.1 Å². The van der Waals surface area contributed by atoms with E-state index in [1.165, 1.54) is 10.9 Å². The van der Waals surface area contributed by atoms with E-state index < -0.39 is 28.9 Å². The van der Waals surface area contributed by atoms with Gasteiger partial charge in [-0.2, -0.15) is 0 Å². The Balaban J connectivity index is 1.22. The van der Waals surface area contributed by atoms with Crippen LogP contribution in [0.15, 0.2) is 65.7 Å². The Kier molecular flexibility index (Phi) is 8.84. The molecular weight excluding hydrogens is 556 g/mol. The van der Waals surface area contributed by atoms with Crippen molar-refractivity contribution in [3.8, 4) is 11.6 Å². The van der Waals surface area contributed by atoms with E-state index in [0.717, 1.165) is 17.7 Å². The minimum Gasteiger partial charge on any atom is -0.437 e. The maximum atomic E-state index is 14.4. The summed E-state index contributed by atoms with van der Waals surface area (Å²) in [7, 11) is 3.96. The number of hydrogen-bond donors (Lipinski definition) is 2. The van der Waals surface area contributed by atoms with E-state index >= 15 is 0 Å². The fourth-order valence-electron chi connectivity index (χ4n) is 6.16. The molecule has 0 radical (unpaired) electrons. The Morgan fingerprint density at radius 3 is 2.42 bits per heavy atom. The summed E-state index contributed by atoms with van der Waals surface area (Å²) in [5.41, 5.74) is 5.96. The summed E-state index contributed by atoms with van der Waals surface area (Å²) >= 11 is 0. The second-order valence-corrected chi connectivity index (χ2v) is 12.2. The summed E-state index contributed by atoms with van der Waals surface area (Å²) in [6, 6.07) is 16.4. The number of carbonyl (C=O) groups excluding carboxylic acids is 1. The molecule has 1 saturated heterocycles. The van der Waals surface area contributed by atoms with E-state index in [1.807, 2.05) is 37.2 Å². The Bertz CT molecular complexity index is 1470. The van der Waals surface area contributed by atoms with Crippen LogP contribution in [0, 0.1) is 5.92 Å². The molecule has 2 heterocycles. The van der Waals surface area contributed by atoms with Crippen LogP contribution in [0.3, 0.4) is 0 Å². The van der Waals surface area contributed by atoms with Crippen LogP contribution < -0.4 is 16.0 Å². The molecule has 2 aliphatic rings. The first kappa shape index (κ1) is 30.6. The smallest absolute Gasteiger partial charge is 0.280 e. The molecule has 3 N–H and O–H groups in total. The number of aliphatic hydroxyl groups is 1. The third-order valence-corrected chi connectivity index (χ3v) is 8.51. The summed E-state index contributed by atoms with van der Waals surface area (Å²) in [4.78, 5) is 34.6. The van der Waals surface area contributed by atoms with Gasteiger partial charge in [0, 0.05) is 44.3 Å². The minimum atomic E-state index is -2.81. The molecule has 2 atom stereocenters. The molecule has 1 aliphatic carbocycles. The van der Waals surface area contributed by atoms with Crippen molar-refractivity contribution in [2.45, 2.75) is 62.6 Å². The van der Waals surface area contributed by atoms with Gasteiger partial charge >= 0.3 is 0 Å². The van der Waals surface area contributed by atoms with E-state index in [4.69, 9.17) is 10.5 Å². The summed E-state index contributed by atoms with van der Waals surface area (Å²) in [5.74, 6) is -3.60. The molecule has 5 rings (SSSR count). The van der Waals surface area contributed by atoms with Crippen LogP contribution in [-0.4, -0.2) is 69.1 Å². The van der Waals surface area contributed by atoms with Gasteiger partial charge in [0.1, 0.15) is 12.1 Å². The van der Waals surface area contributed by atoms with Gasteiger partial charge < -0.3 is 25.4 Å². The largest absolute Gasteiger partial charge is 0.437 e. The molecule has 9 nitrogen and oxygen atoms in total. The lowest BCUT2D eigenvalue weighted by Gasteiger charge is -2.42. The molecule has 3 aromatic rings. The van der Waals surface area contributed by atoms with Crippen LogP contribution >= 0.6 is 0 Å². The molecule has 230 valence electrons. The molecule has 2 fully saturated rings. The van der Waals surface area contributed by atoms with Gasteiger partial charge in [0.2, 0.25) is 17.7 Å². The predicted octanol–water partition coefficient (Wildman–Crippen LogP) is 4.25. The summed E-state index contributed by atoms with van der Waals surface area (Å²) in [5, 5.41) is 11.3. The molecule has 1 saturated carbocycles. The van der Waals surface area contributed by atoms with Crippen molar-refractivity contribution < 1.29 is 23.4 Å². The number of benzene rings is 2. The average molecular weight is 596 g/mol. The predicted molar refractivity (Wildman–Crippen MR) is 159 cm³/mol. The van der Waals surface area contributed by atoms with Crippen molar-refractivity contribution in [3.63, 3.8) is 0 Å². The average Bonchev–Trinajstić information content (AvgIpc) is 2.98. The number of carbonyl (C=O) groups is 1. The third-order valence-electron chi connectivity index (χ3n) is 8.51. The molecule has 2 aromatic carbocycles. The number of anilines is 1. The number of rotatable bonds is 8. The summed E-state index contributed by atoms with van der Waals surface area (Å²) < 4.78 is 35.7. The van der Waals surface area contributed by atoms with Crippen molar-refractivity contribution in [1.29, 1.82) is 0 Å². The topological polar surface area (TPSA) is 114 Å². The number of likely N-dealkylation sites (tertiary alicyclic amines) is 1. The van der Waals surface area contributed by atoms with Gasteiger partial charge in [-0.15, -0.1) is 0 Å². The highest BCUT2D eigenvalue weighted by Gasteiger charge is 2.46. The van der Waals surface area contributed by atoms with Gasteiger partial charge in [0.15, 0.2) is 5.69 Å². The quantitative estimate of drug-likeness (QED) is 0.400. The van der Waals surface area contributed by atoms with Crippen molar-refractivity contribution >= 4 is 11.6 Å². The lowest BCUT2D eigenvalue weighted by Crippen LogP contribution is -2.52. The molecule has 1 aromatic heterocycles. The zero-order valence-electron chi connectivity index (χ0n) is 24.6. The van der Waals surface area contributed by atoms with E-state index in [0.29, 0.717) is 5.75 Å². The summed E-state index contributed by atoms with van der Waals surface area (Å²) in [6.45, 7) is 1.24. The highest BCUT2D eigenvalue weighted by molar-refractivity contribution is 5.80. The van der Waals surface area contributed by atoms with E-state index in [9.17, 15) is 23.5 Å². The molecule has 11 heteroatoms. The molecule has 1 aliphatic heterocycles. The second-order valence-electron chi connectivity index (χ2n) is 12.2. The van der Waals surface area contributed by atoms with Crippen LogP contribution in [0.4, 0.5) is 14.5 Å². The number of halogens is 2. The number of nitrogen functional groups attached to an aromatic ring is 1. The second kappa shape index (κ2) is 12.4. The zero-order valence-corrected chi connectivity index (χ0v) is 24.6. The van der Waals surface area contributed by atoms with Gasteiger partial charge in [-0.3, -0.25) is 14.2 Å².